The van der Waals surface area contributed by atoms with Crippen LogP contribution in [0, 0.1) is 23.7 Å². The number of imide groups is 1. The van der Waals surface area contributed by atoms with E-state index in [2.05, 4.69) is 79.4 Å². The van der Waals surface area contributed by atoms with Gasteiger partial charge < -0.3 is 9.84 Å². The van der Waals surface area contributed by atoms with E-state index in [1.165, 1.54) is 22.3 Å². The van der Waals surface area contributed by atoms with Gasteiger partial charge in [-0.25, -0.2) is 0 Å². The molecule has 1 aliphatic carbocycles. The number of hydrogen-bond acceptors (Lipinski definition) is 5. The van der Waals surface area contributed by atoms with Gasteiger partial charge in [-0.3, -0.25) is 19.4 Å². The third-order valence-corrected chi connectivity index (χ3v) is 11.9. The highest BCUT2D eigenvalue weighted by Gasteiger charge is 2.58. The van der Waals surface area contributed by atoms with Crippen LogP contribution in [0.15, 0.2) is 108 Å². The Bertz CT molecular complexity index is 1980. The number of phenols is 1. The molecule has 0 aromatic heterocycles. The molecule has 2 amide bonds. The highest BCUT2D eigenvalue weighted by molar-refractivity contribution is 6.06. The van der Waals surface area contributed by atoms with Gasteiger partial charge in [-0.1, -0.05) is 116 Å². The Morgan fingerprint density at radius 3 is 2.25 bits per heavy atom. The number of likely N-dealkylation sites (tertiary alicyclic amines) is 2. The SMILES string of the molecule is CC(C)C1=C2[C@@H](CC/C(=C/c3ccc(O)c4ccccc34)c3ccccc3)OC[C@@H]2[C@@H]2C(=O)N(C3CCN(Cc4ccccc4)CC3)C(=O)[C@@H]2C1. The fourth-order valence-corrected chi connectivity index (χ4v) is 9.38. The van der Waals surface area contributed by atoms with Crippen LogP contribution in [0.3, 0.4) is 0 Å². The van der Waals surface area contributed by atoms with Crippen molar-refractivity contribution in [3.63, 3.8) is 0 Å². The number of carbonyl (C=O) groups excluding carboxylic acids is 2. The summed E-state index contributed by atoms with van der Waals surface area (Å²) in [5, 5.41) is 12.4. The molecule has 4 aromatic rings. The van der Waals surface area contributed by atoms with Crippen LogP contribution in [0.2, 0.25) is 0 Å². The van der Waals surface area contributed by atoms with Gasteiger partial charge in [0.2, 0.25) is 11.8 Å². The largest absolute Gasteiger partial charge is 0.507 e. The first kappa shape index (κ1) is 33.6. The van der Waals surface area contributed by atoms with Crippen LogP contribution in [0.25, 0.3) is 22.4 Å². The van der Waals surface area contributed by atoms with Gasteiger partial charge in [0, 0.05) is 37.0 Å². The second-order valence-electron chi connectivity index (χ2n) is 15.2. The maximum absolute atomic E-state index is 14.3. The molecule has 4 aliphatic rings. The molecule has 0 bridgehead atoms. The number of fused-ring (bicyclic) bond motifs is 4. The number of amides is 2. The molecular weight excluding hydrogens is 633 g/mol. The topological polar surface area (TPSA) is 70.1 Å². The van der Waals surface area contributed by atoms with Crippen molar-refractivity contribution in [3.8, 4) is 5.75 Å². The Hall–Kier alpha value is -4.52. The van der Waals surface area contributed by atoms with Crippen LogP contribution in [0.1, 0.15) is 62.6 Å². The zero-order chi connectivity index (χ0) is 35.1. The van der Waals surface area contributed by atoms with Gasteiger partial charge in [-0.15, -0.1) is 0 Å². The number of aromatic hydroxyl groups is 1. The summed E-state index contributed by atoms with van der Waals surface area (Å²) in [6.45, 7) is 7.62. The lowest BCUT2D eigenvalue weighted by atomic mass is 9.67. The number of ether oxygens (including phenoxy) is 1. The van der Waals surface area contributed by atoms with E-state index < -0.39 is 0 Å². The molecule has 51 heavy (non-hydrogen) atoms. The van der Waals surface area contributed by atoms with Crippen molar-refractivity contribution in [2.45, 2.75) is 64.6 Å². The maximum atomic E-state index is 14.3. The van der Waals surface area contributed by atoms with Crippen molar-refractivity contribution < 1.29 is 19.4 Å². The molecule has 4 atom stereocenters. The van der Waals surface area contributed by atoms with E-state index in [1.54, 1.807) is 11.0 Å². The Kier molecular flexibility index (Phi) is 9.39. The van der Waals surface area contributed by atoms with E-state index in [0.717, 1.165) is 67.2 Å². The third-order valence-electron chi connectivity index (χ3n) is 11.9. The number of carbonyl (C=O) groups is 2. The summed E-state index contributed by atoms with van der Waals surface area (Å²) in [6.07, 6.45) is 6.06. The summed E-state index contributed by atoms with van der Waals surface area (Å²) in [5.41, 5.74) is 7.33. The first-order valence-corrected chi connectivity index (χ1v) is 18.8. The van der Waals surface area contributed by atoms with Gasteiger partial charge in [-0.05, 0) is 77.3 Å². The van der Waals surface area contributed by atoms with Crippen molar-refractivity contribution in [3.05, 3.63) is 125 Å². The zero-order valence-electron chi connectivity index (χ0n) is 29.7. The monoisotopic (exact) mass is 680 g/mol. The van der Waals surface area contributed by atoms with Crippen molar-refractivity contribution in [2.75, 3.05) is 19.7 Å². The molecule has 0 saturated carbocycles. The van der Waals surface area contributed by atoms with E-state index in [-0.39, 0.29) is 53.4 Å². The molecule has 0 spiro atoms. The summed E-state index contributed by atoms with van der Waals surface area (Å²) in [7, 11) is 0. The molecule has 6 nitrogen and oxygen atoms in total. The fraction of sp³-hybridized carbons (Fsp3) is 0.378. The van der Waals surface area contributed by atoms with Crippen molar-refractivity contribution in [1.82, 2.24) is 9.80 Å². The number of piperidine rings is 1. The van der Waals surface area contributed by atoms with E-state index in [1.807, 2.05) is 36.4 Å². The predicted molar refractivity (Wildman–Crippen MR) is 202 cm³/mol. The Morgan fingerprint density at radius 1 is 0.843 bits per heavy atom. The van der Waals surface area contributed by atoms with E-state index in [9.17, 15) is 14.7 Å². The molecule has 3 aliphatic heterocycles. The quantitative estimate of drug-likeness (QED) is 0.109. The zero-order valence-corrected chi connectivity index (χ0v) is 29.7. The summed E-state index contributed by atoms with van der Waals surface area (Å²) in [5.74, 6) is -0.0158. The lowest BCUT2D eigenvalue weighted by molar-refractivity contribution is -0.144. The maximum Gasteiger partial charge on any atom is 0.234 e. The van der Waals surface area contributed by atoms with Crippen molar-refractivity contribution in [1.29, 1.82) is 0 Å². The van der Waals surface area contributed by atoms with Crippen LogP contribution in [-0.2, 0) is 20.9 Å². The Morgan fingerprint density at radius 2 is 1.53 bits per heavy atom. The summed E-state index contributed by atoms with van der Waals surface area (Å²) in [4.78, 5) is 32.6. The molecule has 1 N–H and O–H groups in total. The first-order chi connectivity index (χ1) is 24.9. The standard InChI is InChI=1S/C45H48N2O4/c1-29(2)37-26-38-43(45(50)47(44(38)49)34-21-23-46(24-22-34)27-30-11-5-3-6-12-30)39-28-51-41(42(37)39)20-18-32(31-13-7-4-8-14-31)25-33-17-19-40(48)36-16-10-9-15-35(33)36/h3-17,19,25,29,34,38-39,41,43,48H,18,20-24,26-28H2,1-2H3/b32-25-/t38-,39+,41-,43-/m1/s1. The Balaban J connectivity index is 1.02. The van der Waals surface area contributed by atoms with Gasteiger partial charge in [0.25, 0.3) is 0 Å². The number of phenolic OH excluding ortho intramolecular Hbond substituents is 1. The number of allylic oxidation sites excluding steroid dienone is 2. The third kappa shape index (κ3) is 6.45. The molecule has 6 heteroatoms. The molecule has 3 fully saturated rings. The summed E-state index contributed by atoms with van der Waals surface area (Å²) < 4.78 is 6.64. The molecule has 3 heterocycles. The minimum absolute atomic E-state index is 0.0266. The number of benzene rings is 4. The minimum atomic E-state index is -0.324. The lowest BCUT2D eigenvalue weighted by Crippen LogP contribution is -2.47. The lowest BCUT2D eigenvalue weighted by Gasteiger charge is -2.36. The van der Waals surface area contributed by atoms with E-state index in [0.29, 0.717) is 13.0 Å². The Labute approximate surface area is 301 Å². The molecular formula is C45H48N2O4. The number of rotatable bonds is 9. The average molecular weight is 681 g/mol. The molecule has 0 radical (unpaired) electrons. The number of hydrogen-bond donors (Lipinski definition) is 1. The molecule has 4 aromatic carbocycles. The highest BCUT2D eigenvalue weighted by Crippen LogP contribution is 2.52. The highest BCUT2D eigenvalue weighted by atomic mass is 16.5. The van der Waals surface area contributed by atoms with E-state index in [4.69, 9.17) is 4.74 Å². The molecule has 3 saturated heterocycles. The predicted octanol–water partition coefficient (Wildman–Crippen LogP) is 8.50. The second kappa shape index (κ2) is 14.2. The van der Waals surface area contributed by atoms with Crippen molar-refractivity contribution >= 4 is 34.2 Å². The fourth-order valence-electron chi connectivity index (χ4n) is 9.38. The number of nitrogens with zero attached hydrogens (tertiary/aromatic N) is 2. The normalized spacial score (nSPS) is 24.5. The van der Waals surface area contributed by atoms with Gasteiger partial charge in [-0.2, -0.15) is 0 Å². The van der Waals surface area contributed by atoms with E-state index >= 15 is 0 Å². The molecule has 8 rings (SSSR count). The molecule has 262 valence electrons. The van der Waals surface area contributed by atoms with Crippen LogP contribution >= 0.6 is 0 Å². The second-order valence-corrected chi connectivity index (χ2v) is 15.2. The van der Waals surface area contributed by atoms with Crippen LogP contribution in [-0.4, -0.2) is 58.6 Å². The average Bonchev–Trinajstić information content (AvgIpc) is 3.69. The van der Waals surface area contributed by atoms with Crippen LogP contribution in [0.5, 0.6) is 5.75 Å². The van der Waals surface area contributed by atoms with Crippen LogP contribution < -0.4 is 0 Å². The van der Waals surface area contributed by atoms with Gasteiger partial charge >= 0.3 is 0 Å². The van der Waals surface area contributed by atoms with Gasteiger partial charge in [0.1, 0.15) is 5.75 Å². The molecule has 0 unspecified atom stereocenters. The van der Waals surface area contributed by atoms with Gasteiger partial charge in [0.15, 0.2) is 0 Å². The summed E-state index contributed by atoms with van der Waals surface area (Å²) >= 11 is 0. The van der Waals surface area contributed by atoms with Crippen molar-refractivity contribution in [2.24, 2.45) is 23.7 Å². The minimum Gasteiger partial charge on any atom is -0.507 e. The van der Waals surface area contributed by atoms with Crippen LogP contribution in [0.4, 0.5) is 0 Å². The summed E-state index contributed by atoms with van der Waals surface area (Å²) in [6, 6.07) is 32.7. The first-order valence-electron chi connectivity index (χ1n) is 18.8. The smallest absolute Gasteiger partial charge is 0.234 e. The van der Waals surface area contributed by atoms with Gasteiger partial charge in [0.05, 0.1) is 24.5 Å².